The molecule has 0 bridgehead atoms. The molecule has 0 heterocycles. The van der Waals surface area contributed by atoms with Gasteiger partial charge in [0.25, 0.3) is 0 Å². The van der Waals surface area contributed by atoms with Gasteiger partial charge in [-0.1, -0.05) is 69.2 Å². The molecule has 1 aliphatic carbocycles. The lowest BCUT2D eigenvalue weighted by atomic mass is 9.87. The number of ether oxygens (including phenoxy) is 1. The number of halogens is 3. The first-order valence-corrected chi connectivity index (χ1v) is 11.2. The molecule has 1 aromatic carbocycles. The molecule has 0 aromatic heterocycles. The van der Waals surface area contributed by atoms with Crippen molar-refractivity contribution in [1.82, 2.24) is 0 Å². The summed E-state index contributed by atoms with van der Waals surface area (Å²) in [5, 5.41) is 0. The Morgan fingerprint density at radius 3 is 2.48 bits per heavy atom. The standard InChI is InChI=1S/C29H33F3O/c1-7-33-22(5)18-27(30)23(6)21(4)12-8-19(2)11-15-25-16-17-26(29(32)28(25)31)24-13-9-20(3)10-14-24/h8,12-13,16-18,20H,2,4-7,9-11,14-15H2,1,3H3/b12-8-,27-18+. The van der Waals surface area contributed by atoms with Crippen molar-refractivity contribution in [2.24, 2.45) is 5.92 Å². The van der Waals surface area contributed by atoms with Gasteiger partial charge < -0.3 is 4.74 Å². The van der Waals surface area contributed by atoms with E-state index >= 15 is 0 Å². The minimum Gasteiger partial charge on any atom is -0.494 e. The van der Waals surface area contributed by atoms with E-state index in [1.165, 1.54) is 0 Å². The van der Waals surface area contributed by atoms with E-state index in [0.29, 0.717) is 47.6 Å². The molecule has 0 saturated carbocycles. The Balaban J connectivity index is 1.97. The SMILES string of the molecule is C=C(/C=C\C(=C)C(=C)/C(F)=C\C(=C)OCC)CCc1ccc(C2=CCC(C)CC2)c(F)c1F. The van der Waals surface area contributed by atoms with Gasteiger partial charge in [-0.05, 0) is 61.7 Å². The summed E-state index contributed by atoms with van der Waals surface area (Å²) in [6.07, 6.45) is 9.82. The largest absolute Gasteiger partial charge is 0.494 e. The van der Waals surface area contributed by atoms with Gasteiger partial charge in [-0.3, -0.25) is 0 Å². The van der Waals surface area contributed by atoms with Crippen molar-refractivity contribution in [2.75, 3.05) is 6.61 Å². The lowest BCUT2D eigenvalue weighted by Crippen LogP contribution is -2.05. The van der Waals surface area contributed by atoms with Gasteiger partial charge in [0.2, 0.25) is 0 Å². The van der Waals surface area contributed by atoms with E-state index in [0.717, 1.165) is 30.9 Å². The molecule has 1 atom stereocenters. The first kappa shape index (κ1) is 26.2. The smallest absolute Gasteiger partial charge is 0.166 e. The van der Waals surface area contributed by atoms with Crippen LogP contribution in [-0.2, 0) is 11.2 Å². The molecule has 0 spiro atoms. The van der Waals surface area contributed by atoms with Gasteiger partial charge >= 0.3 is 0 Å². The number of rotatable bonds is 11. The third-order valence-electron chi connectivity index (χ3n) is 5.71. The van der Waals surface area contributed by atoms with E-state index in [1.807, 2.05) is 6.08 Å². The van der Waals surface area contributed by atoms with Crippen molar-refractivity contribution in [3.8, 4) is 0 Å². The second kappa shape index (κ2) is 12.3. The van der Waals surface area contributed by atoms with Gasteiger partial charge in [0.05, 0.1) is 6.61 Å². The highest BCUT2D eigenvalue weighted by atomic mass is 19.2. The topological polar surface area (TPSA) is 9.23 Å². The first-order chi connectivity index (χ1) is 15.6. The zero-order valence-electron chi connectivity index (χ0n) is 19.7. The Labute approximate surface area is 196 Å². The van der Waals surface area contributed by atoms with Crippen molar-refractivity contribution in [3.63, 3.8) is 0 Å². The van der Waals surface area contributed by atoms with Crippen LogP contribution in [0.1, 0.15) is 50.7 Å². The zero-order chi connectivity index (χ0) is 24.5. The van der Waals surface area contributed by atoms with Crippen molar-refractivity contribution < 1.29 is 17.9 Å². The molecule has 0 amide bonds. The third-order valence-corrected chi connectivity index (χ3v) is 5.71. The Morgan fingerprint density at radius 1 is 1.12 bits per heavy atom. The van der Waals surface area contributed by atoms with Gasteiger partial charge in [0.15, 0.2) is 11.6 Å². The maximum atomic E-state index is 14.7. The quantitative estimate of drug-likeness (QED) is 0.240. The summed E-state index contributed by atoms with van der Waals surface area (Å²) in [6.45, 7) is 19.4. The van der Waals surface area contributed by atoms with Crippen LogP contribution in [0.15, 0.2) is 91.1 Å². The summed E-state index contributed by atoms with van der Waals surface area (Å²) in [5.41, 5.74) is 2.70. The molecular weight excluding hydrogens is 421 g/mol. The number of hydrogen-bond donors (Lipinski definition) is 0. The molecule has 0 fully saturated rings. The number of allylic oxidation sites excluding steroid dienone is 9. The number of aryl methyl sites for hydroxylation is 1. The predicted molar refractivity (Wildman–Crippen MR) is 132 cm³/mol. The van der Waals surface area contributed by atoms with Crippen LogP contribution < -0.4 is 0 Å². The van der Waals surface area contributed by atoms with E-state index in [1.54, 1.807) is 31.2 Å². The monoisotopic (exact) mass is 454 g/mol. The Kier molecular flexibility index (Phi) is 9.77. The van der Waals surface area contributed by atoms with Gasteiger partial charge in [-0.15, -0.1) is 0 Å². The summed E-state index contributed by atoms with van der Waals surface area (Å²) in [4.78, 5) is 0. The summed E-state index contributed by atoms with van der Waals surface area (Å²) < 4.78 is 48.7. The summed E-state index contributed by atoms with van der Waals surface area (Å²) in [7, 11) is 0. The molecule has 0 N–H and O–H groups in total. The highest BCUT2D eigenvalue weighted by molar-refractivity contribution is 5.67. The van der Waals surface area contributed by atoms with Gasteiger partial charge in [-0.25, -0.2) is 13.2 Å². The maximum absolute atomic E-state index is 14.7. The Bertz CT molecular complexity index is 1020. The van der Waals surface area contributed by atoms with Crippen LogP contribution >= 0.6 is 0 Å². The van der Waals surface area contributed by atoms with E-state index in [9.17, 15) is 13.2 Å². The summed E-state index contributed by atoms with van der Waals surface area (Å²) in [6, 6.07) is 3.32. The summed E-state index contributed by atoms with van der Waals surface area (Å²) >= 11 is 0. The molecule has 4 heteroatoms. The zero-order valence-corrected chi connectivity index (χ0v) is 19.7. The molecule has 33 heavy (non-hydrogen) atoms. The number of hydrogen-bond acceptors (Lipinski definition) is 1. The maximum Gasteiger partial charge on any atom is 0.166 e. The van der Waals surface area contributed by atoms with Crippen LogP contribution in [0.25, 0.3) is 5.57 Å². The van der Waals surface area contributed by atoms with Crippen LogP contribution in [0.2, 0.25) is 0 Å². The normalized spacial score (nSPS) is 16.5. The third kappa shape index (κ3) is 7.52. The molecule has 176 valence electrons. The molecular formula is C29H33F3O. The van der Waals surface area contributed by atoms with Crippen LogP contribution in [-0.4, -0.2) is 6.61 Å². The fraction of sp³-hybridized carbons (Fsp3) is 0.310. The minimum absolute atomic E-state index is 0.106. The molecule has 1 nitrogen and oxygen atoms in total. The average Bonchev–Trinajstić information content (AvgIpc) is 2.78. The second-order valence-electron chi connectivity index (χ2n) is 8.40. The first-order valence-electron chi connectivity index (χ1n) is 11.2. The van der Waals surface area contributed by atoms with Crippen molar-refractivity contribution >= 4 is 5.57 Å². The molecule has 1 aliphatic rings. The van der Waals surface area contributed by atoms with Crippen molar-refractivity contribution in [1.29, 1.82) is 0 Å². The van der Waals surface area contributed by atoms with Gasteiger partial charge in [0, 0.05) is 17.2 Å². The van der Waals surface area contributed by atoms with Gasteiger partial charge in [-0.2, -0.15) is 0 Å². The fourth-order valence-electron chi connectivity index (χ4n) is 3.55. The van der Waals surface area contributed by atoms with Crippen LogP contribution in [0, 0.1) is 17.6 Å². The minimum atomic E-state index is -0.802. The van der Waals surface area contributed by atoms with Gasteiger partial charge in [0.1, 0.15) is 11.6 Å². The predicted octanol–water partition coefficient (Wildman–Crippen LogP) is 8.73. The highest BCUT2D eigenvalue weighted by Gasteiger charge is 2.19. The van der Waals surface area contributed by atoms with Crippen LogP contribution in [0.5, 0.6) is 0 Å². The van der Waals surface area contributed by atoms with Crippen LogP contribution in [0.3, 0.4) is 0 Å². The lowest BCUT2D eigenvalue weighted by Gasteiger charge is -2.19. The van der Waals surface area contributed by atoms with E-state index in [-0.39, 0.29) is 11.3 Å². The fourth-order valence-corrected chi connectivity index (χ4v) is 3.55. The molecule has 1 unspecified atom stereocenters. The molecule has 0 aliphatic heterocycles. The van der Waals surface area contributed by atoms with Crippen molar-refractivity contribution in [3.05, 3.63) is 114 Å². The van der Waals surface area contributed by atoms with E-state index < -0.39 is 17.5 Å². The Hall–Kier alpha value is -3.01. The molecule has 1 aromatic rings. The molecule has 0 radical (unpaired) electrons. The average molecular weight is 455 g/mol. The molecule has 2 rings (SSSR count). The second-order valence-corrected chi connectivity index (χ2v) is 8.40. The lowest BCUT2D eigenvalue weighted by molar-refractivity contribution is 0.243. The highest BCUT2D eigenvalue weighted by Crippen LogP contribution is 2.33. The molecule has 0 saturated heterocycles. The van der Waals surface area contributed by atoms with Crippen LogP contribution in [0.4, 0.5) is 13.2 Å². The Morgan fingerprint density at radius 2 is 1.85 bits per heavy atom. The van der Waals surface area contributed by atoms with E-state index in [2.05, 4.69) is 33.2 Å². The van der Waals surface area contributed by atoms with E-state index in [4.69, 9.17) is 4.74 Å². The number of benzene rings is 1. The van der Waals surface area contributed by atoms with Crippen molar-refractivity contribution in [2.45, 2.75) is 46.0 Å². The summed E-state index contributed by atoms with van der Waals surface area (Å²) in [5.74, 6) is -1.39.